The summed E-state index contributed by atoms with van der Waals surface area (Å²) in [5, 5.41) is 0. The van der Waals surface area contributed by atoms with E-state index in [2.05, 4.69) is 101 Å². The molecular weight excluding hydrogens is 673 g/mol. The monoisotopic (exact) mass is 733 g/mol. The third-order valence-corrected chi connectivity index (χ3v) is 10.8. The first-order valence-corrected chi connectivity index (χ1v) is 16.4. The molecule has 0 aliphatic heterocycles. The molecule has 1 aromatic heterocycles. The van der Waals surface area contributed by atoms with E-state index < -0.39 is 16.1 Å². The van der Waals surface area contributed by atoms with Gasteiger partial charge in [0.2, 0.25) is 0 Å². The van der Waals surface area contributed by atoms with Gasteiger partial charge in [-0.25, -0.2) is 4.98 Å². The molecule has 0 atom stereocenters. The molecule has 1 fully saturated rings. The van der Waals surface area contributed by atoms with Crippen LogP contribution in [0.5, 0.6) is 0 Å². The normalized spacial score (nSPS) is 22.7. The number of hydrogen-bond acceptors (Lipinski definition) is 2. The van der Waals surface area contributed by atoms with Gasteiger partial charge in [-0.05, 0) is 57.3 Å². The molecule has 0 amide bonds. The first kappa shape index (κ1) is 53.1. The Hall–Kier alpha value is 0.493. The van der Waals surface area contributed by atoms with E-state index in [-0.39, 0.29) is 50.5 Å². The minimum absolute atomic E-state index is 0. The standard InChI is InChI=1S/C14H27N2P.C10H20.C3H7.CH3.F5P.FH.Ru.H2S/c1-10(2)17(11(3)4)13-15-12(9-16(13)8)14(5,6)7;1-6-7(2)9(4)10(5)8(6)3;1-3-2;;1-6(2,3,4)5;;;/h9-11H,1-8H3;6-10H,1-5H3;3H,1-2H3;1H3;;1H;;1H2/q;;+1;-1;;;+2;/p-1. The molecule has 246 valence electrons. The van der Waals surface area contributed by atoms with Crippen molar-refractivity contribution in [2.45, 2.75) is 114 Å². The molecule has 2 nitrogen and oxygen atoms in total. The fourth-order valence-corrected chi connectivity index (χ4v) is 7.76. The number of aromatic nitrogens is 2. The topological polar surface area (TPSA) is 17.8 Å². The predicted molar refractivity (Wildman–Crippen MR) is 169 cm³/mol. The fraction of sp³-hybridized carbons (Fsp3) is 0.821. The Morgan fingerprint density at radius 3 is 1.20 bits per heavy atom. The molecular formula is C28H59F6N2P2RuS+. The maximum absolute atomic E-state index is 9.84. The Balaban J connectivity index is -0.000000108. The van der Waals surface area contributed by atoms with Gasteiger partial charge in [0.1, 0.15) is 0 Å². The molecule has 1 aromatic rings. The van der Waals surface area contributed by atoms with E-state index in [0.717, 1.165) is 40.9 Å². The Kier molecular flexibility index (Phi) is 28.2. The Morgan fingerprint density at radius 1 is 0.825 bits per heavy atom. The maximum atomic E-state index is 9.84. The summed E-state index contributed by atoms with van der Waals surface area (Å²) < 4.78 is 51.5. The van der Waals surface area contributed by atoms with Crippen LogP contribution in [0.15, 0.2) is 6.20 Å². The van der Waals surface area contributed by atoms with Gasteiger partial charge in [-0.3, -0.25) is 0 Å². The van der Waals surface area contributed by atoms with E-state index in [9.17, 15) is 21.0 Å². The van der Waals surface area contributed by atoms with Gasteiger partial charge in [0.15, 0.2) is 0 Å². The molecule has 1 aliphatic rings. The van der Waals surface area contributed by atoms with Crippen LogP contribution in [0.25, 0.3) is 0 Å². The van der Waals surface area contributed by atoms with Gasteiger partial charge in [0.05, 0.1) is 45.2 Å². The van der Waals surface area contributed by atoms with Crippen molar-refractivity contribution >= 4 is 35.1 Å². The van der Waals surface area contributed by atoms with E-state index in [4.69, 9.17) is 4.98 Å². The number of nitrogens with zero attached hydrogens (tertiary/aromatic N) is 2. The second-order valence-corrected chi connectivity index (χ2v) is 17.0. The minimum atomic E-state index is -8.55. The molecule has 0 bridgehead atoms. The summed E-state index contributed by atoms with van der Waals surface area (Å²) >= 11 is 0. The molecule has 0 unspecified atom stereocenters. The summed E-state index contributed by atoms with van der Waals surface area (Å²) in [6.07, 6.45) is 4.21. The average Bonchev–Trinajstić information content (AvgIpc) is 3.11. The van der Waals surface area contributed by atoms with Crippen LogP contribution in [-0.2, 0) is 45.4 Å². The van der Waals surface area contributed by atoms with Crippen LogP contribution in [0, 0.1) is 43.4 Å². The Morgan fingerprint density at radius 2 is 1.05 bits per heavy atom. The number of halogens is 6. The van der Waals surface area contributed by atoms with Crippen molar-refractivity contribution in [2.75, 3.05) is 0 Å². The first-order valence-electron chi connectivity index (χ1n) is 13.1. The number of hydrogen-bond donors (Lipinski definition) is 0. The summed E-state index contributed by atoms with van der Waals surface area (Å²) in [6, 6.07) is 0. The van der Waals surface area contributed by atoms with Gasteiger partial charge >= 0.3 is 48.6 Å². The van der Waals surface area contributed by atoms with Gasteiger partial charge in [-0.15, -0.1) is 0 Å². The van der Waals surface area contributed by atoms with Crippen LogP contribution in [0.3, 0.4) is 0 Å². The molecule has 12 heteroatoms. The zero-order chi connectivity index (χ0) is 29.4. The fourth-order valence-electron chi connectivity index (χ4n) is 4.67. The largest absolute Gasteiger partial charge is 2.00 e. The summed E-state index contributed by atoms with van der Waals surface area (Å²) in [5.41, 5.74) is 4.17. The summed E-state index contributed by atoms with van der Waals surface area (Å²) in [5.74, 6) is 4.68. The van der Waals surface area contributed by atoms with E-state index in [0.29, 0.717) is 0 Å². The number of rotatable bonds is 3. The van der Waals surface area contributed by atoms with Crippen molar-refractivity contribution in [2.24, 2.45) is 36.6 Å². The molecule has 0 saturated heterocycles. The van der Waals surface area contributed by atoms with Gasteiger partial charge in [-0.2, -0.15) is 0 Å². The smallest absolute Gasteiger partial charge is 1.00 e. The molecule has 2 rings (SSSR count). The molecule has 0 radical (unpaired) electrons. The number of thiol groups is 1. The molecule has 0 spiro atoms. The third kappa shape index (κ3) is 21.2. The predicted octanol–water partition coefficient (Wildman–Crippen LogP) is 7.93. The molecule has 0 N–H and O–H groups in total. The average molecular weight is 733 g/mol. The van der Waals surface area contributed by atoms with E-state index in [1.54, 1.807) is 0 Å². The van der Waals surface area contributed by atoms with E-state index in [1.165, 1.54) is 11.3 Å². The first-order chi connectivity index (χ1) is 15.8. The molecule has 0 aromatic carbocycles. The van der Waals surface area contributed by atoms with Crippen molar-refractivity contribution in [3.63, 3.8) is 0 Å². The Labute approximate surface area is 265 Å². The maximum Gasteiger partial charge on any atom is 2.00 e. The van der Waals surface area contributed by atoms with Gasteiger partial charge in [0.25, 0.3) is 5.57 Å². The summed E-state index contributed by atoms with van der Waals surface area (Å²) in [7, 11) is -6.98. The van der Waals surface area contributed by atoms with Crippen molar-refractivity contribution < 1.29 is 45.2 Å². The summed E-state index contributed by atoms with van der Waals surface area (Å²) in [6.45, 7) is 32.0. The zero-order valence-corrected chi connectivity index (χ0v) is 32.1. The second kappa shape index (κ2) is 21.2. The minimum Gasteiger partial charge on any atom is -1.00 e. The van der Waals surface area contributed by atoms with Crippen LogP contribution in [-0.4, -0.2) is 20.9 Å². The van der Waals surface area contributed by atoms with Crippen LogP contribution in [0.1, 0.15) is 103 Å². The van der Waals surface area contributed by atoms with Crippen molar-refractivity contribution in [1.82, 2.24) is 9.55 Å². The molecule has 1 heterocycles. The number of imidazole rings is 1. The SMILES string of the molecule is CC(C)[PH+](c1nc(C(C)(C)C)cn1C)C(C)C.CC1C(C)C(C)C(C)C1C.C[CH+]C.FP(F)(F)(F)F.[CH3-].[F-].[Ru+2].[SH-]. The van der Waals surface area contributed by atoms with E-state index >= 15 is 0 Å². The van der Waals surface area contributed by atoms with Gasteiger partial charge in [0, 0.05) is 18.7 Å². The van der Waals surface area contributed by atoms with Gasteiger partial charge < -0.3 is 30.2 Å². The number of aryl methyl sites for hydroxylation is 1. The molecule has 1 saturated carbocycles. The van der Waals surface area contributed by atoms with Crippen molar-refractivity contribution in [3.8, 4) is 0 Å². The van der Waals surface area contributed by atoms with Crippen LogP contribution in [0.4, 0.5) is 21.0 Å². The summed E-state index contributed by atoms with van der Waals surface area (Å²) in [4.78, 5) is 4.93. The van der Waals surface area contributed by atoms with E-state index in [1.807, 2.05) is 20.3 Å². The third-order valence-electron chi connectivity index (χ3n) is 7.29. The van der Waals surface area contributed by atoms with Crippen LogP contribution in [0.2, 0.25) is 0 Å². The molecule has 1 aliphatic carbocycles. The molecule has 40 heavy (non-hydrogen) atoms. The second-order valence-electron chi connectivity index (χ2n) is 12.1. The Bertz CT molecular complexity index is 698. The van der Waals surface area contributed by atoms with Crippen LogP contribution >= 0.6 is 16.1 Å². The van der Waals surface area contributed by atoms with Crippen LogP contribution < -0.4 is 10.3 Å². The quantitative estimate of drug-likeness (QED) is 0.0786. The van der Waals surface area contributed by atoms with Crippen molar-refractivity contribution in [1.29, 1.82) is 0 Å². The van der Waals surface area contributed by atoms with Crippen molar-refractivity contribution in [3.05, 3.63) is 25.7 Å². The zero-order valence-electron chi connectivity index (χ0n) is 27.6. The van der Waals surface area contributed by atoms with Gasteiger partial charge in [-0.1, -0.05) is 55.4 Å².